The quantitative estimate of drug-likeness (QED) is 0.697. The fourth-order valence-electron chi connectivity index (χ4n) is 2.79. The summed E-state index contributed by atoms with van der Waals surface area (Å²) in [7, 11) is 0. The van der Waals surface area contributed by atoms with Crippen molar-refractivity contribution in [2.45, 2.75) is 46.5 Å². The highest BCUT2D eigenvalue weighted by Gasteiger charge is 2.31. The number of nitrogens with one attached hydrogen (secondary N) is 1. The van der Waals surface area contributed by atoms with Crippen molar-refractivity contribution in [3.05, 3.63) is 0 Å². The molecule has 5 heteroatoms. The van der Waals surface area contributed by atoms with E-state index in [1.807, 2.05) is 18.7 Å². The van der Waals surface area contributed by atoms with Gasteiger partial charge in [0.25, 0.3) is 0 Å². The van der Waals surface area contributed by atoms with Gasteiger partial charge in [0.2, 0.25) is 11.8 Å². The number of carbonyl (C=O) groups is 2. The van der Waals surface area contributed by atoms with Gasteiger partial charge >= 0.3 is 0 Å². The molecule has 0 aromatic rings. The fraction of sp³-hybridized carbons (Fsp3) is 0.875. The third-order valence-electron chi connectivity index (χ3n) is 4.38. The van der Waals surface area contributed by atoms with Crippen LogP contribution in [0.4, 0.5) is 0 Å². The van der Waals surface area contributed by atoms with Crippen molar-refractivity contribution < 1.29 is 9.59 Å². The molecule has 21 heavy (non-hydrogen) atoms. The van der Waals surface area contributed by atoms with E-state index in [9.17, 15) is 9.59 Å². The van der Waals surface area contributed by atoms with Gasteiger partial charge in [-0.15, -0.1) is 0 Å². The Morgan fingerprint density at radius 2 is 1.90 bits per heavy atom. The van der Waals surface area contributed by atoms with Gasteiger partial charge in [0.15, 0.2) is 0 Å². The first-order valence-electron chi connectivity index (χ1n) is 8.27. The number of amides is 2. The van der Waals surface area contributed by atoms with Crippen molar-refractivity contribution in [1.29, 1.82) is 0 Å². The Morgan fingerprint density at radius 1 is 1.29 bits per heavy atom. The van der Waals surface area contributed by atoms with Crippen molar-refractivity contribution in [2.24, 2.45) is 23.5 Å². The molecule has 0 bridgehead atoms. The number of hydrogen-bond donors (Lipinski definition) is 2. The Bertz CT molecular complexity index is 336. The molecule has 0 saturated carbocycles. The van der Waals surface area contributed by atoms with Crippen LogP contribution in [0.2, 0.25) is 0 Å². The molecule has 1 fully saturated rings. The molecule has 0 aliphatic carbocycles. The Kier molecular flexibility index (Phi) is 7.72. The maximum Gasteiger partial charge on any atom is 0.227 e. The SMILES string of the molecule is CCCCNC(=O)C1CCN(C(=O)C(CN)C(C)C)CC1. The second-order valence-electron chi connectivity index (χ2n) is 6.33. The van der Waals surface area contributed by atoms with Crippen LogP contribution in [0.25, 0.3) is 0 Å². The molecule has 5 nitrogen and oxygen atoms in total. The number of unbranched alkanes of at least 4 members (excludes halogenated alkanes) is 1. The third-order valence-corrected chi connectivity index (χ3v) is 4.38. The Hall–Kier alpha value is -1.10. The molecular formula is C16H31N3O2. The summed E-state index contributed by atoms with van der Waals surface area (Å²) in [5, 5.41) is 2.99. The number of likely N-dealkylation sites (tertiary alicyclic amines) is 1. The lowest BCUT2D eigenvalue weighted by Crippen LogP contribution is -2.47. The molecule has 2 amide bonds. The number of rotatable bonds is 7. The zero-order valence-electron chi connectivity index (χ0n) is 13.7. The predicted molar refractivity (Wildman–Crippen MR) is 84.6 cm³/mol. The van der Waals surface area contributed by atoms with E-state index in [1.54, 1.807) is 0 Å². The molecular weight excluding hydrogens is 266 g/mol. The second-order valence-corrected chi connectivity index (χ2v) is 6.33. The highest BCUT2D eigenvalue weighted by molar-refractivity contribution is 5.81. The van der Waals surface area contributed by atoms with Gasteiger partial charge in [0, 0.05) is 32.1 Å². The molecule has 0 aromatic heterocycles. The Balaban J connectivity index is 2.41. The lowest BCUT2D eigenvalue weighted by atomic mass is 9.91. The van der Waals surface area contributed by atoms with Gasteiger partial charge in [-0.25, -0.2) is 0 Å². The molecule has 1 unspecified atom stereocenters. The van der Waals surface area contributed by atoms with Gasteiger partial charge < -0.3 is 16.0 Å². The molecule has 1 atom stereocenters. The molecule has 0 radical (unpaired) electrons. The van der Waals surface area contributed by atoms with Crippen molar-refractivity contribution in [3.63, 3.8) is 0 Å². The summed E-state index contributed by atoms with van der Waals surface area (Å²) in [6.45, 7) is 8.68. The van der Waals surface area contributed by atoms with Gasteiger partial charge in [-0.2, -0.15) is 0 Å². The molecule has 3 N–H and O–H groups in total. The van der Waals surface area contributed by atoms with Crippen LogP contribution in [0, 0.1) is 17.8 Å². The Morgan fingerprint density at radius 3 is 2.38 bits per heavy atom. The molecule has 122 valence electrons. The van der Waals surface area contributed by atoms with E-state index in [0.717, 1.165) is 32.2 Å². The smallest absolute Gasteiger partial charge is 0.227 e. The average Bonchev–Trinajstić information content (AvgIpc) is 2.47. The van der Waals surface area contributed by atoms with E-state index in [-0.39, 0.29) is 29.6 Å². The first-order valence-corrected chi connectivity index (χ1v) is 8.27. The highest BCUT2D eigenvalue weighted by Crippen LogP contribution is 2.21. The topological polar surface area (TPSA) is 75.4 Å². The van der Waals surface area contributed by atoms with Gasteiger partial charge in [0.1, 0.15) is 0 Å². The van der Waals surface area contributed by atoms with Crippen LogP contribution in [-0.2, 0) is 9.59 Å². The van der Waals surface area contributed by atoms with Crippen LogP contribution < -0.4 is 11.1 Å². The minimum atomic E-state index is -0.0973. The Labute approximate surface area is 128 Å². The summed E-state index contributed by atoms with van der Waals surface area (Å²) < 4.78 is 0. The first kappa shape index (κ1) is 18.0. The van der Waals surface area contributed by atoms with E-state index in [0.29, 0.717) is 19.6 Å². The molecule has 1 rings (SSSR count). The van der Waals surface area contributed by atoms with Gasteiger partial charge in [-0.3, -0.25) is 9.59 Å². The normalized spacial score (nSPS) is 17.9. The van der Waals surface area contributed by atoms with Crippen molar-refractivity contribution >= 4 is 11.8 Å². The van der Waals surface area contributed by atoms with Crippen LogP contribution in [0.15, 0.2) is 0 Å². The highest BCUT2D eigenvalue weighted by atomic mass is 16.2. The van der Waals surface area contributed by atoms with Crippen LogP contribution in [0.3, 0.4) is 0 Å². The van der Waals surface area contributed by atoms with Crippen molar-refractivity contribution in [3.8, 4) is 0 Å². The zero-order valence-corrected chi connectivity index (χ0v) is 13.7. The van der Waals surface area contributed by atoms with Crippen molar-refractivity contribution in [2.75, 3.05) is 26.2 Å². The summed E-state index contributed by atoms with van der Waals surface area (Å²) in [6.07, 6.45) is 3.64. The van der Waals surface area contributed by atoms with Crippen LogP contribution in [0.5, 0.6) is 0 Å². The number of hydrogen-bond acceptors (Lipinski definition) is 3. The van der Waals surface area contributed by atoms with E-state index >= 15 is 0 Å². The van der Waals surface area contributed by atoms with E-state index < -0.39 is 0 Å². The largest absolute Gasteiger partial charge is 0.356 e. The molecule has 1 heterocycles. The summed E-state index contributed by atoms with van der Waals surface area (Å²) in [4.78, 5) is 26.3. The summed E-state index contributed by atoms with van der Waals surface area (Å²) in [5.41, 5.74) is 5.71. The number of nitrogens with two attached hydrogens (primary N) is 1. The van der Waals surface area contributed by atoms with Gasteiger partial charge in [-0.05, 0) is 25.2 Å². The predicted octanol–water partition coefficient (Wildman–Crippen LogP) is 1.37. The maximum absolute atomic E-state index is 12.4. The zero-order chi connectivity index (χ0) is 15.8. The van der Waals surface area contributed by atoms with E-state index in [1.165, 1.54) is 0 Å². The summed E-state index contributed by atoms with van der Waals surface area (Å²) in [6, 6.07) is 0. The minimum absolute atomic E-state index is 0.0567. The van der Waals surface area contributed by atoms with Crippen LogP contribution in [0.1, 0.15) is 46.5 Å². The van der Waals surface area contributed by atoms with Gasteiger partial charge in [-0.1, -0.05) is 27.2 Å². The molecule has 1 aliphatic heterocycles. The lowest BCUT2D eigenvalue weighted by molar-refractivity contribution is -0.140. The molecule has 0 aromatic carbocycles. The summed E-state index contributed by atoms with van der Waals surface area (Å²) in [5.74, 6) is 0.519. The fourth-order valence-corrected chi connectivity index (χ4v) is 2.79. The minimum Gasteiger partial charge on any atom is -0.356 e. The van der Waals surface area contributed by atoms with Gasteiger partial charge in [0.05, 0.1) is 5.92 Å². The van der Waals surface area contributed by atoms with E-state index in [4.69, 9.17) is 5.73 Å². The third kappa shape index (κ3) is 5.30. The van der Waals surface area contributed by atoms with Crippen LogP contribution in [-0.4, -0.2) is 42.9 Å². The standard InChI is InChI=1S/C16H31N3O2/c1-4-5-8-18-15(20)13-6-9-19(10-7-13)16(21)14(11-17)12(2)3/h12-14H,4-11,17H2,1-3H3,(H,18,20). The van der Waals surface area contributed by atoms with Crippen LogP contribution >= 0.6 is 0 Å². The molecule has 0 spiro atoms. The first-order chi connectivity index (χ1) is 10.0. The number of nitrogens with zero attached hydrogens (tertiary/aromatic N) is 1. The van der Waals surface area contributed by atoms with E-state index in [2.05, 4.69) is 12.2 Å². The second kappa shape index (κ2) is 9.03. The maximum atomic E-state index is 12.4. The monoisotopic (exact) mass is 297 g/mol. The van der Waals surface area contributed by atoms with Crippen molar-refractivity contribution in [1.82, 2.24) is 10.2 Å². The molecule has 1 saturated heterocycles. The summed E-state index contributed by atoms with van der Waals surface area (Å²) >= 11 is 0. The number of piperidine rings is 1. The molecule has 1 aliphatic rings. The average molecular weight is 297 g/mol. The lowest BCUT2D eigenvalue weighted by Gasteiger charge is -2.34. The number of carbonyl (C=O) groups excluding carboxylic acids is 2.